The molecule has 1 aliphatic rings. The minimum Gasteiger partial charge on any atom is -0.393 e. The fourth-order valence-corrected chi connectivity index (χ4v) is 4.41. The number of rotatable bonds is 9. The van der Waals surface area contributed by atoms with Crippen LogP contribution in [-0.2, 0) is 28.1 Å². The lowest BCUT2D eigenvalue weighted by atomic mass is 10.1. The van der Waals surface area contributed by atoms with Gasteiger partial charge in [0.2, 0.25) is 5.78 Å². The fourth-order valence-electron chi connectivity index (χ4n) is 4.04. The van der Waals surface area contributed by atoms with E-state index >= 15 is 0 Å². The van der Waals surface area contributed by atoms with Gasteiger partial charge in [0, 0.05) is 43.2 Å². The summed E-state index contributed by atoms with van der Waals surface area (Å²) >= 11 is 0. The van der Waals surface area contributed by atoms with Crippen LogP contribution in [0.2, 0.25) is 0 Å². The quantitative estimate of drug-likeness (QED) is 0.319. The van der Waals surface area contributed by atoms with Crippen LogP contribution in [0.5, 0.6) is 0 Å². The van der Waals surface area contributed by atoms with E-state index < -0.39 is 28.1 Å². The number of carbonyl (C=O) groups excluding carboxylic acids is 1. The lowest BCUT2D eigenvalue weighted by molar-refractivity contribution is 0.101. The average molecular weight is 504 g/mol. The van der Waals surface area contributed by atoms with Crippen LogP contribution in [0, 0.1) is 5.92 Å². The molecule has 4 rings (SSSR count). The van der Waals surface area contributed by atoms with Gasteiger partial charge in [-0.2, -0.15) is 13.5 Å². The summed E-state index contributed by atoms with van der Waals surface area (Å²) in [5, 5.41) is 22.6. The first-order chi connectivity index (χ1) is 16.6. The highest BCUT2D eigenvalue weighted by molar-refractivity contribution is 7.84. The Hall–Kier alpha value is -3.46. The van der Waals surface area contributed by atoms with Crippen LogP contribution in [0.15, 0.2) is 47.9 Å². The molecule has 4 N–H and O–H groups in total. The average Bonchev–Trinajstić information content (AvgIpc) is 3.41. The van der Waals surface area contributed by atoms with Crippen LogP contribution in [0.1, 0.15) is 34.5 Å². The summed E-state index contributed by atoms with van der Waals surface area (Å²) < 4.78 is 29.7. The molecule has 3 aromatic heterocycles. The van der Waals surface area contributed by atoms with Crippen molar-refractivity contribution < 1.29 is 22.5 Å². The Morgan fingerprint density at radius 2 is 2.11 bits per heavy atom. The zero-order chi connectivity index (χ0) is 25.2. The number of aryl methyl sites for hydroxylation is 1. The first-order valence-corrected chi connectivity index (χ1v) is 12.2. The lowest BCUT2D eigenvalue weighted by Gasteiger charge is -2.15. The van der Waals surface area contributed by atoms with Crippen molar-refractivity contribution in [2.75, 3.05) is 11.9 Å². The van der Waals surface area contributed by atoms with E-state index in [9.17, 15) is 23.1 Å². The number of carbonyl (C=O) groups is 1. The van der Waals surface area contributed by atoms with Gasteiger partial charge in [0.15, 0.2) is 0 Å². The molecule has 0 aliphatic heterocycles. The monoisotopic (exact) mass is 503 g/mol. The molecular weight excluding hydrogens is 478 g/mol. The summed E-state index contributed by atoms with van der Waals surface area (Å²) in [7, 11) is -2.45. The van der Waals surface area contributed by atoms with Crippen molar-refractivity contribution >= 4 is 21.9 Å². The van der Waals surface area contributed by atoms with Crippen LogP contribution in [-0.4, -0.2) is 62.4 Å². The van der Waals surface area contributed by atoms with Gasteiger partial charge in [-0.15, -0.1) is 0 Å². The predicted octanol–water partition coefficient (Wildman–Crippen LogP) is -0.577. The third-order valence-corrected chi connectivity index (χ3v) is 6.27. The smallest absolute Gasteiger partial charge is 0.333 e. The van der Waals surface area contributed by atoms with Crippen LogP contribution < -0.4 is 16.0 Å². The fraction of sp³-hybridized carbons (Fsp3) is 0.381. The zero-order valence-corrected chi connectivity index (χ0v) is 19.6. The number of hydrogen-bond acceptors (Lipinski definition) is 10. The SMILES string of the molecule is Cn1cccc(Cn2ccc(C(=O)c3cncnc3N[C@@H]3C[C@H](COS(N)(=O)=O)[C@@H](O)C3)n2)c1=O. The number of ketones is 1. The molecule has 0 spiro atoms. The Balaban J connectivity index is 1.46. The maximum atomic E-state index is 13.2. The second-order valence-corrected chi connectivity index (χ2v) is 9.60. The standard InChI is InChI=1S/C21H25N7O6S/c1-27-5-2-3-13(21(27)31)10-28-6-4-17(26-28)19(30)16-9-23-12-24-20(16)25-15-7-14(18(29)8-15)11-34-35(22,32)33/h2-6,9,12,14-15,18,29H,7-8,10-11H2,1H3,(H2,22,32,33)(H,23,24,25)/t14-,15-,18+/m1/s1. The zero-order valence-electron chi connectivity index (χ0n) is 18.8. The predicted molar refractivity (Wildman–Crippen MR) is 124 cm³/mol. The third-order valence-electron chi connectivity index (χ3n) is 5.81. The van der Waals surface area contributed by atoms with Gasteiger partial charge < -0.3 is 15.0 Å². The lowest BCUT2D eigenvalue weighted by Crippen LogP contribution is -2.24. The topological polar surface area (TPSA) is 184 Å². The van der Waals surface area contributed by atoms with Gasteiger partial charge in [-0.05, 0) is 25.0 Å². The van der Waals surface area contributed by atoms with E-state index in [1.54, 1.807) is 37.6 Å². The minimum atomic E-state index is -4.11. The Labute approximate surface area is 200 Å². The number of pyridine rings is 1. The summed E-state index contributed by atoms with van der Waals surface area (Å²) in [6.07, 6.45) is 5.81. The summed E-state index contributed by atoms with van der Waals surface area (Å²) in [4.78, 5) is 33.5. The molecule has 1 aliphatic carbocycles. The van der Waals surface area contributed by atoms with Crippen molar-refractivity contribution in [1.82, 2.24) is 24.3 Å². The van der Waals surface area contributed by atoms with E-state index in [2.05, 4.69) is 24.6 Å². The van der Waals surface area contributed by atoms with Crippen LogP contribution >= 0.6 is 0 Å². The molecule has 1 saturated carbocycles. The van der Waals surface area contributed by atoms with E-state index in [0.717, 1.165) is 0 Å². The number of nitrogens with zero attached hydrogens (tertiary/aromatic N) is 5. The number of aromatic nitrogens is 5. The van der Waals surface area contributed by atoms with Gasteiger partial charge in [0.25, 0.3) is 5.56 Å². The first kappa shape index (κ1) is 24.7. The molecule has 3 heterocycles. The number of nitrogens with two attached hydrogens (primary N) is 1. The Kier molecular flexibility index (Phi) is 7.07. The summed E-state index contributed by atoms with van der Waals surface area (Å²) in [5.74, 6) is -0.602. The Morgan fingerprint density at radius 3 is 2.89 bits per heavy atom. The van der Waals surface area contributed by atoms with Crippen molar-refractivity contribution in [1.29, 1.82) is 0 Å². The number of hydrogen-bond donors (Lipinski definition) is 3. The molecule has 14 heteroatoms. The van der Waals surface area contributed by atoms with E-state index in [4.69, 9.17) is 5.14 Å². The number of aliphatic hydroxyl groups is 1. The molecule has 3 atom stereocenters. The minimum absolute atomic E-state index is 0.148. The van der Waals surface area contributed by atoms with Gasteiger partial charge in [0.05, 0.1) is 24.8 Å². The van der Waals surface area contributed by atoms with E-state index in [0.29, 0.717) is 18.4 Å². The van der Waals surface area contributed by atoms with E-state index in [1.165, 1.54) is 21.8 Å². The third kappa shape index (κ3) is 5.97. The summed E-state index contributed by atoms with van der Waals surface area (Å²) in [6.45, 7) is -0.0329. The molecule has 13 nitrogen and oxygen atoms in total. The highest BCUT2D eigenvalue weighted by atomic mass is 32.2. The van der Waals surface area contributed by atoms with Crippen molar-refractivity contribution in [3.8, 4) is 0 Å². The molecule has 3 aromatic rings. The van der Waals surface area contributed by atoms with E-state index in [-0.39, 0.29) is 41.8 Å². The van der Waals surface area contributed by atoms with Gasteiger partial charge in [-0.1, -0.05) is 6.07 Å². The number of nitrogens with one attached hydrogen (secondary N) is 1. The Bertz CT molecular complexity index is 1390. The second-order valence-electron chi connectivity index (χ2n) is 8.38. The van der Waals surface area contributed by atoms with Crippen LogP contribution in [0.25, 0.3) is 0 Å². The highest BCUT2D eigenvalue weighted by Crippen LogP contribution is 2.29. The number of anilines is 1. The van der Waals surface area contributed by atoms with Gasteiger partial charge >= 0.3 is 10.3 Å². The second kappa shape index (κ2) is 10.0. The molecule has 0 bridgehead atoms. The molecule has 186 valence electrons. The summed E-state index contributed by atoms with van der Waals surface area (Å²) in [6, 6.07) is 4.73. The molecule has 35 heavy (non-hydrogen) atoms. The molecule has 0 radical (unpaired) electrons. The van der Waals surface area contributed by atoms with Crippen molar-refractivity contribution in [2.45, 2.75) is 31.5 Å². The number of aliphatic hydroxyl groups excluding tert-OH is 1. The summed E-state index contributed by atoms with van der Waals surface area (Å²) in [5.41, 5.74) is 0.724. The van der Waals surface area contributed by atoms with Crippen LogP contribution in [0.3, 0.4) is 0 Å². The molecule has 0 saturated heterocycles. The normalized spacial score (nSPS) is 20.1. The van der Waals surface area contributed by atoms with Gasteiger partial charge in [-0.3, -0.25) is 18.5 Å². The van der Waals surface area contributed by atoms with Crippen LogP contribution in [0.4, 0.5) is 5.82 Å². The molecule has 0 unspecified atom stereocenters. The van der Waals surface area contributed by atoms with Crippen molar-refractivity contribution in [3.05, 3.63) is 70.3 Å². The van der Waals surface area contributed by atoms with Crippen molar-refractivity contribution in [3.63, 3.8) is 0 Å². The van der Waals surface area contributed by atoms with Crippen molar-refractivity contribution in [2.24, 2.45) is 18.1 Å². The molecular formula is C21H25N7O6S. The van der Waals surface area contributed by atoms with Gasteiger partial charge in [-0.25, -0.2) is 15.1 Å². The highest BCUT2D eigenvalue weighted by Gasteiger charge is 2.34. The molecule has 1 fully saturated rings. The molecule has 0 aromatic carbocycles. The first-order valence-electron chi connectivity index (χ1n) is 10.7. The maximum absolute atomic E-state index is 13.2. The Morgan fingerprint density at radius 1 is 1.31 bits per heavy atom. The molecule has 0 amide bonds. The maximum Gasteiger partial charge on any atom is 0.333 e. The largest absolute Gasteiger partial charge is 0.393 e. The van der Waals surface area contributed by atoms with E-state index in [1.807, 2.05) is 0 Å². The van der Waals surface area contributed by atoms with Gasteiger partial charge in [0.1, 0.15) is 17.8 Å².